The van der Waals surface area contributed by atoms with E-state index in [0.717, 1.165) is 29.2 Å². The van der Waals surface area contributed by atoms with Crippen LogP contribution in [-0.2, 0) is 4.79 Å². The first-order valence-electron chi connectivity index (χ1n) is 12.5. The highest BCUT2D eigenvalue weighted by molar-refractivity contribution is 7.99. The largest absolute Gasteiger partial charge is 0.457 e. The molecule has 4 aromatic rings. The third-order valence-electron chi connectivity index (χ3n) is 6.60. The van der Waals surface area contributed by atoms with Gasteiger partial charge in [-0.05, 0) is 79.4 Å². The van der Waals surface area contributed by atoms with E-state index in [1.807, 2.05) is 83.4 Å². The van der Waals surface area contributed by atoms with E-state index in [9.17, 15) is 4.79 Å². The van der Waals surface area contributed by atoms with Crippen LogP contribution in [0.5, 0.6) is 11.5 Å². The third kappa shape index (κ3) is 6.35. The molecule has 0 unspecified atom stereocenters. The number of halogens is 1. The summed E-state index contributed by atoms with van der Waals surface area (Å²) in [4.78, 5) is 12.8. The molecule has 190 valence electrons. The maximum absolute atomic E-state index is 12.8. The molecule has 1 fully saturated rings. The van der Waals surface area contributed by atoms with E-state index in [1.165, 1.54) is 31.0 Å². The lowest BCUT2D eigenvalue weighted by Gasteiger charge is -2.29. The number of aromatic nitrogens is 3. The topological polar surface area (TPSA) is 69.0 Å². The predicted molar refractivity (Wildman–Crippen MR) is 149 cm³/mol. The van der Waals surface area contributed by atoms with Crippen LogP contribution in [-0.4, -0.2) is 32.5 Å². The van der Waals surface area contributed by atoms with Gasteiger partial charge in [0, 0.05) is 22.3 Å². The first kappa shape index (κ1) is 25.4. The zero-order valence-electron chi connectivity index (χ0n) is 20.6. The summed E-state index contributed by atoms with van der Waals surface area (Å²) in [6.07, 6.45) is 4.63. The summed E-state index contributed by atoms with van der Waals surface area (Å²) in [5, 5.41) is 13.4. The molecule has 0 aliphatic heterocycles. The molecule has 1 N–H and O–H groups in total. The van der Waals surface area contributed by atoms with Gasteiger partial charge in [-0.2, -0.15) is 0 Å². The number of rotatable bonds is 8. The second kappa shape index (κ2) is 11.8. The molecule has 1 amide bonds. The number of nitrogens with one attached hydrogen (secondary N) is 1. The zero-order chi connectivity index (χ0) is 25.6. The molecule has 1 heterocycles. The van der Waals surface area contributed by atoms with E-state index in [0.29, 0.717) is 21.9 Å². The van der Waals surface area contributed by atoms with Crippen molar-refractivity contribution < 1.29 is 9.53 Å². The number of ether oxygens (including phenoxy) is 1. The minimum Gasteiger partial charge on any atom is -0.457 e. The van der Waals surface area contributed by atoms with Crippen LogP contribution in [0.15, 0.2) is 84.0 Å². The third-order valence-corrected chi connectivity index (χ3v) is 7.78. The van der Waals surface area contributed by atoms with E-state index < -0.39 is 0 Å². The van der Waals surface area contributed by atoms with Crippen molar-refractivity contribution in [2.24, 2.45) is 5.92 Å². The maximum atomic E-state index is 12.8. The van der Waals surface area contributed by atoms with Gasteiger partial charge < -0.3 is 10.1 Å². The summed E-state index contributed by atoms with van der Waals surface area (Å²) in [7, 11) is 0. The van der Waals surface area contributed by atoms with Crippen LogP contribution in [0.1, 0.15) is 32.6 Å². The summed E-state index contributed by atoms with van der Waals surface area (Å²) in [6.45, 7) is 2.22. The average molecular weight is 533 g/mol. The minimum atomic E-state index is 0.0259. The smallest absolute Gasteiger partial charge is 0.230 e. The molecular weight excluding hydrogens is 504 g/mol. The lowest BCUT2D eigenvalue weighted by molar-refractivity contribution is -0.119. The molecule has 8 heteroatoms. The fraction of sp³-hybridized carbons (Fsp3) is 0.276. The number of hydrogen-bond acceptors (Lipinski definition) is 5. The Morgan fingerprint density at radius 2 is 1.68 bits per heavy atom. The summed E-state index contributed by atoms with van der Waals surface area (Å²) in [5.41, 5.74) is 1.76. The lowest BCUT2D eigenvalue weighted by atomic mass is 9.86. The van der Waals surface area contributed by atoms with Gasteiger partial charge in [0.1, 0.15) is 11.5 Å². The van der Waals surface area contributed by atoms with Gasteiger partial charge in [-0.25, -0.2) is 0 Å². The highest BCUT2D eigenvalue weighted by Crippen LogP contribution is 2.31. The number of amides is 1. The molecule has 1 aliphatic rings. The standard InChI is InChI=1S/C29H29ClN4O2S/c1-20-7-5-6-10-26(20)31-27(35)19-37-29-33-32-28(21-11-13-22(30)14-12-21)34(29)23-15-17-25(18-16-23)36-24-8-3-2-4-9-24/h2-4,8-9,11-18,20,26H,5-7,10,19H2,1H3,(H,31,35)/t20-,26+/m1/s1. The van der Waals surface area contributed by atoms with E-state index in [1.54, 1.807) is 0 Å². The maximum Gasteiger partial charge on any atom is 0.230 e. The van der Waals surface area contributed by atoms with Gasteiger partial charge in [-0.3, -0.25) is 9.36 Å². The highest BCUT2D eigenvalue weighted by atomic mass is 35.5. The van der Waals surface area contributed by atoms with Crippen molar-refractivity contribution in [3.05, 3.63) is 83.9 Å². The Hall–Kier alpha value is -3.29. The van der Waals surface area contributed by atoms with Crippen molar-refractivity contribution in [1.29, 1.82) is 0 Å². The van der Waals surface area contributed by atoms with E-state index >= 15 is 0 Å². The molecule has 2 atom stereocenters. The summed E-state index contributed by atoms with van der Waals surface area (Å²) in [6, 6.07) is 25.2. The number of carbonyl (C=O) groups excluding carboxylic acids is 1. The summed E-state index contributed by atoms with van der Waals surface area (Å²) in [5.74, 6) is 2.99. The molecule has 0 saturated heterocycles. The Morgan fingerprint density at radius 3 is 2.41 bits per heavy atom. The monoisotopic (exact) mass is 532 g/mol. The highest BCUT2D eigenvalue weighted by Gasteiger charge is 2.23. The number of benzene rings is 3. The molecule has 6 nitrogen and oxygen atoms in total. The van der Waals surface area contributed by atoms with Crippen LogP contribution in [0.2, 0.25) is 5.02 Å². The van der Waals surface area contributed by atoms with Gasteiger partial charge in [0.05, 0.1) is 5.75 Å². The van der Waals surface area contributed by atoms with Gasteiger partial charge in [0.2, 0.25) is 5.91 Å². The van der Waals surface area contributed by atoms with Crippen molar-refractivity contribution in [2.45, 2.75) is 43.8 Å². The summed E-state index contributed by atoms with van der Waals surface area (Å²) < 4.78 is 7.92. The Balaban J connectivity index is 1.37. The lowest BCUT2D eigenvalue weighted by Crippen LogP contribution is -2.41. The minimum absolute atomic E-state index is 0.0259. The van der Waals surface area contributed by atoms with Gasteiger partial charge >= 0.3 is 0 Å². The molecule has 37 heavy (non-hydrogen) atoms. The van der Waals surface area contributed by atoms with Crippen molar-refractivity contribution >= 4 is 29.3 Å². The molecule has 1 saturated carbocycles. The molecule has 0 bridgehead atoms. The molecule has 1 aromatic heterocycles. The normalized spacial score (nSPS) is 17.4. The molecule has 0 radical (unpaired) electrons. The Kier molecular flexibility index (Phi) is 8.12. The Morgan fingerprint density at radius 1 is 0.973 bits per heavy atom. The van der Waals surface area contributed by atoms with Crippen molar-refractivity contribution in [3.8, 4) is 28.6 Å². The molecule has 1 aliphatic carbocycles. The number of hydrogen-bond donors (Lipinski definition) is 1. The van der Waals surface area contributed by atoms with Crippen molar-refractivity contribution in [1.82, 2.24) is 20.1 Å². The van der Waals surface area contributed by atoms with Crippen LogP contribution in [0.3, 0.4) is 0 Å². The molecule has 5 rings (SSSR count). The van der Waals surface area contributed by atoms with Crippen molar-refractivity contribution in [3.63, 3.8) is 0 Å². The van der Waals surface area contributed by atoms with Gasteiger partial charge in [0.25, 0.3) is 0 Å². The van der Waals surface area contributed by atoms with Crippen LogP contribution in [0, 0.1) is 5.92 Å². The average Bonchev–Trinajstić information content (AvgIpc) is 3.34. The predicted octanol–water partition coefficient (Wildman–Crippen LogP) is 7.17. The SMILES string of the molecule is C[C@@H]1CCCC[C@@H]1NC(=O)CSc1nnc(-c2ccc(Cl)cc2)n1-c1ccc(Oc2ccccc2)cc1. The van der Waals surface area contributed by atoms with E-state index in [-0.39, 0.29) is 17.7 Å². The fourth-order valence-corrected chi connectivity index (χ4v) is 5.47. The Bertz CT molecular complexity index is 1330. The van der Waals surface area contributed by atoms with Crippen LogP contribution in [0.25, 0.3) is 17.1 Å². The van der Waals surface area contributed by atoms with Crippen LogP contribution in [0.4, 0.5) is 0 Å². The van der Waals surface area contributed by atoms with E-state index in [2.05, 4.69) is 22.4 Å². The second-order valence-electron chi connectivity index (χ2n) is 9.28. The number of carbonyl (C=O) groups is 1. The second-order valence-corrected chi connectivity index (χ2v) is 10.7. The van der Waals surface area contributed by atoms with Crippen molar-refractivity contribution in [2.75, 3.05) is 5.75 Å². The molecule has 3 aromatic carbocycles. The molecule has 0 spiro atoms. The van der Waals surface area contributed by atoms with Gasteiger partial charge in [-0.15, -0.1) is 10.2 Å². The summed E-state index contributed by atoms with van der Waals surface area (Å²) >= 11 is 7.50. The first-order chi connectivity index (χ1) is 18.1. The number of nitrogens with zero attached hydrogens (tertiary/aromatic N) is 3. The quantitative estimate of drug-likeness (QED) is 0.244. The Labute approximate surface area is 226 Å². The van der Waals surface area contributed by atoms with E-state index in [4.69, 9.17) is 16.3 Å². The zero-order valence-corrected chi connectivity index (χ0v) is 22.2. The number of thioether (sulfide) groups is 1. The number of para-hydroxylation sites is 1. The van der Waals surface area contributed by atoms with Gasteiger partial charge in [0.15, 0.2) is 11.0 Å². The first-order valence-corrected chi connectivity index (χ1v) is 13.9. The van der Waals surface area contributed by atoms with Gasteiger partial charge in [-0.1, -0.05) is 61.3 Å². The van der Waals surface area contributed by atoms with Crippen LogP contribution < -0.4 is 10.1 Å². The fourth-order valence-electron chi connectivity index (χ4n) is 4.58. The van der Waals surface area contributed by atoms with Crippen LogP contribution >= 0.6 is 23.4 Å². The molecular formula is C29H29ClN4O2S.